The van der Waals surface area contributed by atoms with Crippen LogP contribution < -0.4 is 4.90 Å². The summed E-state index contributed by atoms with van der Waals surface area (Å²) in [5.74, 6) is 0. The lowest BCUT2D eigenvalue weighted by Crippen LogP contribution is -2.23. The fourth-order valence-corrected chi connectivity index (χ4v) is 2.92. The van der Waals surface area contributed by atoms with Gasteiger partial charge >= 0.3 is 0 Å². The van der Waals surface area contributed by atoms with E-state index < -0.39 is 0 Å². The van der Waals surface area contributed by atoms with Gasteiger partial charge in [0.25, 0.3) is 0 Å². The van der Waals surface area contributed by atoms with Crippen molar-refractivity contribution >= 4 is 23.0 Å². The molecule has 3 heteroatoms. The van der Waals surface area contributed by atoms with Crippen molar-refractivity contribution in [3.05, 3.63) is 58.6 Å². The van der Waals surface area contributed by atoms with E-state index in [1.54, 1.807) is 6.07 Å². The van der Waals surface area contributed by atoms with Gasteiger partial charge in [-0.1, -0.05) is 29.8 Å². The van der Waals surface area contributed by atoms with Crippen LogP contribution in [-0.2, 0) is 6.42 Å². The highest BCUT2D eigenvalue weighted by atomic mass is 35.5. The van der Waals surface area contributed by atoms with Crippen molar-refractivity contribution < 1.29 is 0 Å². The number of hydrogen-bond donors (Lipinski definition) is 0. The predicted octanol–water partition coefficient (Wildman–Crippen LogP) is 4.29. The highest BCUT2D eigenvalue weighted by Gasteiger charge is 2.26. The predicted molar refractivity (Wildman–Crippen MR) is 77.9 cm³/mol. The molecule has 1 unspecified atom stereocenters. The zero-order chi connectivity index (χ0) is 13.4. The van der Waals surface area contributed by atoms with Gasteiger partial charge in [0.1, 0.15) is 6.07 Å². The maximum Gasteiger partial charge on any atom is 0.101 e. The van der Waals surface area contributed by atoms with Crippen LogP contribution in [0.3, 0.4) is 0 Å². The zero-order valence-electron chi connectivity index (χ0n) is 10.6. The summed E-state index contributed by atoms with van der Waals surface area (Å²) in [6.07, 6.45) is 1.04. The number of nitrogens with zero attached hydrogens (tertiary/aromatic N) is 2. The molecule has 0 aromatic heterocycles. The van der Waals surface area contributed by atoms with Crippen LogP contribution >= 0.6 is 11.6 Å². The number of fused-ring (bicyclic) bond motifs is 1. The molecule has 1 heterocycles. The maximum absolute atomic E-state index is 8.94. The third-order valence-corrected chi connectivity index (χ3v) is 3.87. The molecule has 94 valence electrons. The lowest BCUT2D eigenvalue weighted by molar-refractivity contribution is 0.759. The highest BCUT2D eigenvalue weighted by Crippen LogP contribution is 2.39. The Balaban J connectivity index is 2.08. The van der Waals surface area contributed by atoms with E-state index in [0.717, 1.165) is 12.1 Å². The number of benzene rings is 2. The molecule has 2 nitrogen and oxygen atoms in total. The van der Waals surface area contributed by atoms with Crippen LogP contribution in [-0.4, -0.2) is 6.04 Å². The Morgan fingerprint density at radius 1 is 1.26 bits per heavy atom. The van der Waals surface area contributed by atoms with Crippen LogP contribution in [0.4, 0.5) is 11.4 Å². The first kappa shape index (κ1) is 12.1. The van der Waals surface area contributed by atoms with E-state index in [4.69, 9.17) is 16.9 Å². The average Bonchev–Trinajstić information content (AvgIpc) is 2.74. The molecule has 1 aliphatic heterocycles. The van der Waals surface area contributed by atoms with Crippen LogP contribution in [0.1, 0.15) is 18.1 Å². The van der Waals surface area contributed by atoms with Crippen molar-refractivity contribution in [3.63, 3.8) is 0 Å². The Morgan fingerprint density at radius 3 is 2.79 bits per heavy atom. The maximum atomic E-state index is 8.94. The highest BCUT2D eigenvalue weighted by molar-refractivity contribution is 6.32. The van der Waals surface area contributed by atoms with Gasteiger partial charge in [-0.25, -0.2) is 0 Å². The van der Waals surface area contributed by atoms with Crippen molar-refractivity contribution in [1.29, 1.82) is 5.26 Å². The Labute approximate surface area is 117 Å². The van der Waals surface area contributed by atoms with Crippen LogP contribution in [0.25, 0.3) is 0 Å². The molecule has 0 fully saturated rings. The van der Waals surface area contributed by atoms with Crippen molar-refractivity contribution in [2.45, 2.75) is 19.4 Å². The van der Waals surface area contributed by atoms with Gasteiger partial charge in [-0.15, -0.1) is 0 Å². The van der Waals surface area contributed by atoms with Gasteiger partial charge in [0.15, 0.2) is 0 Å². The minimum absolute atomic E-state index is 0.404. The molecule has 0 aliphatic carbocycles. The molecule has 2 aromatic rings. The molecule has 0 N–H and O–H groups in total. The molecule has 19 heavy (non-hydrogen) atoms. The zero-order valence-corrected chi connectivity index (χ0v) is 11.4. The van der Waals surface area contributed by atoms with Gasteiger partial charge in [0.05, 0.1) is 10.6 Å². The standard InChI is InChI=1S/C16H13ClN2/c1-11-8-12-4-2-3-5-16(12)19(11)14-7-6-13(10-18)15(17)9-14/h2-7,9,11H,8H2,1H3. The number of nitriles is 1. The van der Waals surface area contributed by atoms with Gasteiger partial charge in [-0.3, -0.25) is 0 Å². The van der Waals surface area contributed by atoms with E-state index >= 15 is 0 Å². The number of rotatable bonds is 1. The summed E-state index contributed by atoms with van der Waals surface area (Å²) in [4.78, 5) is 2.28. The molecule has 2 aromatic carbocycles. The van der Waals surface area contributed by atoms with Crippen molar-refractivity contribution in [3.8, 4) is 6.07 Å². The molecule has 0 radical (unpaired) electrons. The van der Waals surface area contributed by atoms with Crippen LogP contribution in [0.5, 0.6) is 0 Å². The molecule has 0 spiro atoms. The molecule has 0 saturated heterocycles. The second-order valence-corrected chi connectivity index (χ2v) is 5.24. The van der Waals surface area contributed by atoms with Crippen molar-refractivity contribution in [2.24, 2.45) is 0 Å². The number of anilines is 2. The fraction of sp³-hybridized carbons (Fsp3) is 0.188. The smallest absolute Gasteiger partial charge is 0.101 e. The molecule has 1 atom stereocenters. The summed E-state index contributed by atoms with van der Waals surface area (Å²) in [5, 5.41) is 9.45. The summed E-state index contributed by atoms with van der Waals surface area (Å²) in [5.41, 5.74) is 4.15. The van der Waals surface area contributed by atoms with E-state index in [1.807, 2.05) is 12.1 Å². The van der Waals surface area contributed by atoms with Gasteiger partial charge in [0.2, 0.25) is 0 Å². The van der Waals surface area contributed by atoms with E-state index in [1.165, 1.54) is 11.3 Å². The quantitative estimate of drug-likeness (QED) is 0.771. The minimum atomic E-state index is 0.404. The Morgan fingerprint density at radius 2 is 2.05 bits per heavy atom. The monoisotopic (exact) mass is 268 g/mol. The number of hydrogen-bond acceptors (Lipinski definition) is 2. The second-order valence-electron chi connectivity index (χ2n) is 4.83. The molecule has 0 bridgehead atoms. The van der Waals surface area contributed by atoms with E-state index in [0.29, 0.717) is 16.6 Å². The molecular weight excluding hydrogens is 256 g/mol. The van der Waals surface area contributed by atoms with Crippen molar-refractivity contribution in [2.75, 3.05) is 4.90 Å². The summed E-state index contributed by atoms with van der Waals surface area (Å²) in [6.45, 7) is 2.20. The van der Waals surface area contributed by atoms with E-state index in [2.05, 4.69) is 42.2 Å². The normalized spacial score (nSPS) is 17.1. The van der Waals surface area contributed by atoms with E-state index in [9.17, 15) is 0 Å². The molecule has 3 rings (SSSR count). The van der Waals surface area contributed by atoms with Crippen molar-refractivity contribution in [1.82, 2.24) is 0 Å². The van der Waals surface area contributed by atoms with Gasteiger partial charge in [-0.2, -0.15) is 5.26 Å². The summed E-state index contributed by atoms with van der Waals surface area (Å²) < 4.78 is 0. The molecule has 1 aliphatic rings. The van der Waals surface area contributed by atoms with Crippen LogP contribution in [0.2, 0.25) is 5.02 Å². The Kier molecular flexibility index (Phi) is 2.93. The first-order valence-electron chi connectivity index (χ1n) is 6.27. The molecular formula is C16H13ClN2. The lowest BCUT2D eigenvalue weighted by atomic mass is 10.1. The second kappa shape index (κ2) is 4.60. The largest absolute Gasteiger partial charge is 0.338 e. The van der Waals surface area contributed by atoms with Crippen LogP contribution in [0, 0.1) is 11.3 Å². The topological polar surface area (TPSA) is 27.0 Å². The summed E-state index contributed by atoms with van der Waals surface area (Å²) in [6, 6.07) is 16.5. The molecule has 0 amide bonds. The Hall–Kier alpha value is -1.98. The lowest BCUT2D eigenvalue weighted by Gasteiger charge is -2.25. The third-order valence-electron chi connectivity index (χ3n) is 3.56. The first-order valence-corrected chi connectivity index (χ1v) is 6.65. The van der Waals surface area contributed by atoms with Gasteiger partial charge < -0.3 is 4.90 Å². The summed E-state index contributed by atoms with van der Waals surface area (Å²) >= 11 is 6.13. The van der Waals surface area contributed by atoms with Gasteiger partial charge in [0, 0.05) is 17.4 Å². The van der Waals surface area contributed by atoms with Crippen LogP contribution in [0.15, 0.2) is 42.5 Å². The minimum Gasteiger partial charge on any atom is -0.338 e. The fourth-order valence-electron chi connectivity index (χ4n) is 2.70. The third kappa shape index (κ3) is 1.97. The van der Waals surface area contributed by atoms with Gasteiger partial charge in [-0.05, 0) is 43.2 Å². The molecule has 0 saturated carbocycles. The van der Waals surface area contributed by atoms with E-state index in [-0.39, 0.29) is 0 Å². The summed E-state index contributed by atoms with van der Waals surface area (Å²) in [7, 11) is 0. The average molecular weight is 269 g/mol. The first-order chi connectivity index (χ1) is 9.20. The Bertz CT molecular complexity index is 673. The SMILES string of the molecule is CC1Cc2ccccc2N1c1ccc(C#N)c(Cl)c1. The number of para-hydroxylation sites is 1. The number of halogens is 1.